The number of rotatable bonds is 9. The number of unbranched alkanes of at least 4 members (excludes halogenated alkanes) is 2. The predicted octanol–water partition coefficient (Wildman–Crippen LogP) is 3.77. The third kappa shape index (κ3) is 10.5. The number of benzene rings is 1. The van der Waals surface area contributed by atoms with Crippen molar-refractivity contribution >= 4 is 41.5 Å². The van der Waals surface area contributed by atoms with Crippen LogP contribution in [0.2, 0.25) is 0 Å². The number of anilines is 1. The second kappa shape index (κ2) is 14.1. The molecule has 5 nitrogen and oxygen atoms in total. The summed E-state index contributed by atoms with van der Waals surface area (Å²) in [7, 11) is 0. The van der Waals surface area contributed by atoms with E-state index in [0.29, 0.717) is 12.0 Å². The van der Waals surface area contributed by atoms with Crippen molar-refractivity contribution in [2.45, 2.75) is 52.5 Å². The van der Waals surface area contributed by atoms with Crippen LogP contribution in [0, 0.1) is 0 Å². The first-order valence-electron chi connectivity index (χ1n) is 8.55. The molecule has 0 aliphatic carbocycles. The molecule has 6 heteroatoms. The molecular formula is C18H31IN4O. The van der Waals surface area contributed by atoms with Gasteiger partial charge in [-0.3, -0.25) is 4.79 Å². The van der Waals surface area contributed by atoms with Gasteiger partial charge in [-0.05, 0) is 32.4 Å². The Morgan fingerprint density at radius 3 is 2.50 bits per heavy atom. The van der Waals surface area contributed by atoms with Crippen molar-refractivity contribution in [3.63, 3.8) is 0 Å². The highest BCUT2D eigenvalue weighted by Gasteiger charge is 2.06. The standard InChI is InChI=1S/C18H30N4O.HI/c1-4-6-8-11-15(3)21-18(19-5-2)20-14-17(23)22-16-12-9-7-10-13-16;/h7,9-10,12-13,15H,4-6,8,11,14H2,1-3H3,(H,22,23)(H2,19,20,21);1H. The van der Waals surface area contributed by atoms with E-state index in [1.54, 1.807) is 0 Å². The SMILES string of the molecule is CCCCCC(C)NC(=NCC(=O)Nc1ccccc1)NCC.I. The van der Waals surface area contributed by atoms with E-state index in [2.05, 4.69) is 34.8 Å². The highest BCUT2D eigenvalue weighted by Crippen LogP contribution is 2.04. The average Bonchev–Trinajstić information content (AvgIpc) is 2.54. The molecule has 1 aromatic carbocycles. The second-order valence-corrected chi connectivity index (χ2v) is 5.65. The van der Waals surface area contributed by atoms with Crippen LogP contribution in [0.5, 0.6) is 0 Å². The lowest BCUT2D eigenvalue weighted by Crippen LogP contribution is -2.42. The first-order chi connectivity index (χ1) is 11.2. The molecule has 1 aromatic rings. The van der Waals surface area contributed by atoms with Crippen molar-refractivity contribution in [3.8, 4) is 0 Å². The van der Waals surface area contributed by atoms with Crippen LogP contribution in [0.3, 0.4) is 0 Å². The molecule has 0 aliphatic rings. The van der Waals surface area contributed by atoms with Gasteiger partial charge in [-0.1, -0.05) is 44.4 Å². The number of para-hydroxylation sites is 1. The van der Waals surface area contributed by atoms with Gasteiger partial charge in [0.2, 0.25) is 5.91 Å². The van der Waals surface area contributed by atoms with Crippen molar-refractivity contribution < 1.29 is 4.79 Å². The maximum atomic E-state index is 11.9. The molecular weight excluding hydrogens is 415 g/mol. The summed E-state index contributed by atoms with van der Waals surface area (Å²) >= 11 is 0. The zero-order valence-electron chi connectivity index (χ0n) is 15.0. The van der Waals surface area contributed by atoms with Crippen LogP contribution in [-0.2, 0) is 4.79 Å². The Balaban J connectivity index is 0.00000529. The Labute approximate surface area is 163 Å². The normalized spacial score (nSPS) is 12.0. The number of guanidine groups is 1. The lowest BCUT2D eigenvalue weighted by molar-refractivity contribution is -0.114. The maximum absolute atomic E-state index is 11.9. The summed E-state index contributed by atoms with van der Waals surface area (Å²) in [6, 6.07) is 9.77. The molecule has 0 radical (unpaired) electrons. The van der Waals surface area contributed by atoms with Crippen molar-refractivity contribution in [1.82, 2.24) is 10.6 Å². The Kier molecular flexibility index (Phi) is 13.3. The van der Waals surface area contributed by atoms with Gasteiger partial charge in [-0.25, -0.2) is 4.99 Å². The fraction of sp³-hybridized carbons (Fsp3) is 0.556. The first kappa shape index (κ1) is 22.7. The van der Waals surface area contributed by atoms with E-state index in [1.165, 1.54) is 19.3 Å². The Bertz CT molecular complexity index is 479. The van der Waals surface area contributed by atoms with Crippen molar-refractivity contribution in [2.75, 3.05) is 18.4 Å². The van der Waals surface area contributed by atoms with Gasteiger partial charge in [0.1, 0.15) is 6.54 Å². The molecule has 1 unspecified atom stereocenters. The summed E-state index contributed by atoms with van der Waals surface area (Å²) in [4.78, 5) is 16.3. The summed E-state index contributed by atoms with van der Waals surface area (Å²) in [5.74, 6) is 0.576. The summed E-state index contributed by atoms with van der Waals surface area (Å²) in [6.07, 6.45) is 4.78. The first-order valence-corrected chi connectivity index (χ1v) is 8.55. The number of amides is 1. The number of aliphatic imine (C=N–C) groups is 1. The molecule has 0 heterocycles. The summed E-state index contributed by atoms with van der Waals surface area (Å²) in [6.45, 7) is 7.24. The number of carbonyl (C=O) groups excluding carboxylic acids is 1. The van der Waals surface area contributed by atoms with Gasteiger partial charge < -0.3 is 16.0 Å². The number of nitrogens with one attached hydrogen (secondary N) is 3. The van der Waals surface area contributed by atoms with Crippen LogP contribution in [-0.4, -0.2) is 31.0 Å². The molecule has 0 aromatic heterocycles. The lowest BCUT2D eigenvalue weighted by Gasteiger charge is -2.17. The van der Waals surface area contributed by atoms with E-state index in [1.807, 2.05) is 37.3 Å². The van der Waals surface area contributed by atoms with Gasteiger partial charge in [0, 0.05) is 18.3 Å². The minimum Gasteiger partial charge on any atom is -0.357 e. The number of hydrogen-bond acceptors (Lipinski definition) is 2. The molecule has 1 rings (SSSR count). The van der Waals surface area contributed by atoms with Crippen molar-refractivity contribution in [2.24, 2.45) is 4.99 Å². The largest absolute Gasteiger partial charge is 0.357 e. The summed E-state index contributed by atoms with van der Waals surface area (Å²) in [5, 5.41) is 9.37. The van der Waals surface area contributed by atoms with Gasteiger partial charge in [0.05, 0.1) is 0 Å². The quantitative estimate of drug-likeness (QED) is 0.234. The van der Waals surface area contributed by atoms with Gasteiger partial charge in [-0.2, -0.15) is 0 Å². The number of hydrogen-bond donors (Lipinski definition) is 3. The Hall–Kier alpha value is -1.31. The van der Waals surface area contributed by atoms with Crippen LogP contribution in [0.1, 0.15) is 46.5 Å². The van der Waals surface area contributed by atoms with Gasteiger partial charge in [0.25, 0.3) is 0 Å². The predicted molar refractivity (Wildman–Crippen MR) is 113 cm³/mol. The van der Waals surface area contributed by atoms with E-state index in [0.717, 1.165) is 18.7 Å². The number of carbonyl (C=O) groups is 1. The molecule has 0 saturated heterocycles. The van der Waals surface area contributed by atoms with Crippen LogP contribution in [0.4, 0.5) is 5.69 Å². The van der Waals surface area contributed by atoms with E-state index in [9.17, 15) is 4.79 Å². The highest BCUT2D eigenvalue weighted by atomic mass is 127. The molecule has 1 atom stereocenters. The summed E-state index contributed by atoms with van der Waals surface area (Å²) < 4.78 is 0. The third-order valence-corrected chi connectivity index (χ3v) is 3.41. The zero-order chi connectivity index (χ0) is 16.9. The summed E-state index contributed by atoms with van der Waals surface area (Å²) in [5.41, 5.74) is 0.790. The monoisotopic (exact) mass is 446 g/mol. The van der Waals surface area contributed by atoms with Crippen LogP contribution < -0.4 is 16.0 Å². The van der Waals surface area contributed by atoms with E-state index in [-0.39, 0.29) is 36.4 Å². The fourth-order valence-corrected chi connectivity index (χ4v) is 2.20. The van der Waals surface area contributed by atoms with E-state index in [4.69, 9.17) is 0 Å². The fourth-order valence-electron chi connectivity index (χ4n) is 2.20. The van der Waals surface area contributed by atoms with Crippen molar-refractivity contribution in [1.29, 1.82) is 0 Å². The van der Waals surface area contributed by atoms with Gasteiger partial charge in [-0.15, -0.1) is 24.0 Å². The minimum atomic E-state index is -0.118. The molecule has 0 aliphatic heterocycles. The smallest absolute Gasteiger partial charge is 0.246 e. The molecule has 0 fully saturated rings. The maximum Gasteiger partial charge on any atom is 0.246 e. The van der Waals surface area contributed by atoms with Crippen LogP contribution >= 0.6 is 24.0 Å². The molecule has 3 N–H and O–H groups in total. The minimum absolute atomic E-state index is 0. The Morgan fingerprint density at radius 2 is 1.88 bits per heavy atom. The Morgan fingerprint density at radius 1 is 1.17 bits per heavy atom. The second-order valence-electron chi connectivity index (χ2n) is 5.65. The zero-order valence-corrected chi connectivity index (χ0v) is 17.3. The molecule has 0 spiro atoms. The van der Waals surface area contributed by atoms with E-state index < -0.39 is 0 Å². The molecule has 0 bridgehead atoms. The number of nitrogens with zero attached hydrogens (tertiary/aromatic N) is 1. The van der Waals surface area contributed by atoms with Gasteiger partial charge in [0.15, 0.2) is 5.96 Å². The van der Waals surface area contributed by atoms with E-state index >= 15 is 0 Å². The highest BCUT2D eigenvalue weighted by molar-refractivity contribution is 14.0. The van der Waals surface area contributed by atoms with Crippen LogP contribution in [0.25, 0.3) is 0 Å². The topological polar surface area (TPSA) is 65.5 Å². The molecule has 136 valence electrons. The molecule has 0 saturated carbocycles. The molecule has 1 amide bonds. The number of halogens is 1. The van der Waals surface area contributed by atoms with Crippen LogP contribution in [0.15, 0.2) is 35.3 Å². The average molecular weight is 446 g/mol. The lowest BCUT2D eigenvalue weighted by atomic mass is 10.1. The van der Waals surface area contributed by atoms with Crippen molar-refractivity contribution in [3.05, 3.63) is 30.3 Å². The third-order valence-electron chi connectivity index (χ3n) is 3.41. The molecule has 24 heavy (non-hydrogen) atoms. The van der Waals surface area contributed by atoms with Gasteiger partial charge >= 0.3 is 0 Å².